The van der Waals surface area contributed by atoms with Gasteiger partial charge < -0.3 is 0 Å². The molecule has 0 aliphatic carbocycles. The lowest BCUT2D eigenvalue weighted by atomic mass is 9.99. The lowest BCUT2D eigenvalue weighted by molar-refractivity contribution is 0.414. The summed E-state index contributed by atoms with van der Waals surface area (Å²) >= 11 is 3.09. The van der Waals surface area contributed by atoms with Crippen LogP contribution >= 0.6 is 15.9 Å². The van der Waals surface area contributed by atoms with Crippen molar-refractivity contribution in [3.63, 3.8) is 0 Å². The summed E-state index contributed by atoms with van der Waals surface area (Å²) < 4.78 is 40.4. The van der Waals surface area contributed by atoms with Gasteiger partial charge in [0.25, 0.3) is 0 Å². The van der Waals surface area contributed by atoms with Crippen LogP contribution in [0.3, 0.4) is 0 Å². The highest BCUT2D eigenvalue weighted by Crippen LogP contribution is 2.19. The van der Waals surface area contributed by atoms with Gasteiger partial charge in [0.15, 0.2) is 0 Å². The lowest BCUT2D eigenvalue weighted by Gasteiger charge is -2.16. The SMILES string of the molecule is CC(C)C(C)CNS(=O)(=O)c1ccc(Br)cc1F. The summed E-state index contributed by atoms with van der Waals surface area (Å²) in [6.45, 7) is 6.28. The highest BCUT2D eigenvalue weighted by molar-refractivity contribution is 9.10. The molecule has 6 heteroatoms. The van der Waals surface area contributed by atoms with E-state index < -0.39 is 15.8 Å². The molecule has 1 rings (SSSR count). The van der Waals surface area contributed by atoms with Gasteiger partial charge in [-0.05, 0) is 30.0 Å². The first kappa shape index (κ1) is 15.6. The lowest BCUT2D eigenvalue weighted by Crippen LogP contribution is -2.30. The van der Waals surface area contributed by atoms with Crippen LogP contribution in [0.25, 0.3) is 0 Å². The summed E-state index contributed by atoms with van der Waals surface area (Å²) in [5.41, 5.74) is 0. The van der Waals surface area contributed by atoms with E-state index in [0.29, 0.717) is 16.9 Å². The highest BCUT2D eigenvalue weighted by atomic mass is 79.9. The van der Waals surface area contributed by atoms with Gasteiger partial charge in [-0.1, -0.05) is 36.7 Å². The van der Waals surface area contributed by atoms with Gasteiger partial charge in [-0.3, -0.25) is 0 Å². The van der Waals surface area contributed by atoms with Gasteiger partial charge in [0.05, 0.1) is 0 Å². The zero-order valence-electron chi connectivity index (χ0n) is 10.6. The van der Waals surface area contributed by atoms with Crippen molar-refractivity contribution in [1.29, 1.82) is 0 Å². The van der Waals surface area contributed by atoms with E-state index in [-0.39, 0.29) is 10.8 Å². The Morgan fingerprint density at radius 3 is 2.44 bits per heavy atom. The molecule has 18 heavy (non-hydrogen) atoms. The molecule has 0 radical (unpaired) electrons. The number of hydrogen-bond acceptors (Lipinski definition) is 2. The van der Waals surface area contributed by atoms with E-state index in [1.165, 1.54) is 12.1 Å². The highest BCUT2D eigenvalue weighted by Gasteiger charge is 2.20. The molecule has 1 atom stereocenters. The molecule has 1 aromatic rings. The third-order valence-corrected chi connectivity index (χ3v) is 4.87. The van der Waals surface area contributed by atoms with E-state index in [0.717, 1.165) is 6.07 Å². The Hall–Kier alpha value is -0.460. The molecule has 1 unspecified atom stereocenters. The van der Waals surface area contributed by atoms with Crippen LogP contribution in [0, 0.1) is 17.7 Å². The average molecular weight is 338 g/mol. The smallest absolute Gasteiger partial charge is 0.211 e. The molecule has 0 aliphatic rings. The summed E-state index contributed by atoms with van der Waals surface area (Å²) in [6, 6.07) is 3.89. The Bertz CT molecular complexity index is 517. The summed E-state index contributed by atoms with van der Waals surface area (Å²) in [4.78, 5) is -0.318. The first-order valence-corrected chi connectivity index (χ1v) is 7.96. The number of benzene rings is 1. The van der Waals surface area contributed by atoms with Crippen molar-refractivity contribution in [3.05, 3.63) is 28.5 Å². The molecule has 0 fully saturated rings. The standard InChI is InChI=1S/C12H17BrFNO2S/c1-8(2)9(3)7-15-18(16,17)12-5-4-10(13)6-11(12)14/h4-6,8-9,15H,7H2,1-3H3. The maximum Gasteiger partial charge on any atom is 0.243 e. The molecule has 3 nitrogen and oxygen atoms in total. The van der Waals surface area contributed by atoms with Crippen LogP contribution in [-0.4, -0.2) is 15.0 Å². The molecule has 1 aromatic carbocycles. The fourth-order valence-corrected chi connectivity index (χ4v) is 2.78. The van der Waals surface area contributed by atoms with Crippen molar-refractivity contribution in [3.8, 4) is 0 Å². The van der Waals surface area contributed by atoms with Crippen molar-refractivity contribution >= 4 is 26.0 Å². The van der Waals surface area contributed by atoms with Crippen LogP contribution in [0.4, 0.5) is 4.39 Å². The van der Waals surface area contributed by atoms with Gasteiger partial charge in [-0.25, -0.2) is 17.5 Å². The number of rotatable bonds is 5. The van der Waals surface area contributed by atoms with Gasteiger partial charge in [0.2, 0.25) is 10.0 Å². The van der Waals surface area contributed by atoms with E-state index in [4.69, 9.17) is 0 Å². The third-order valence-electron chi connectivity index (χ3n) is 2.92. The Labute approximate surface area is 116 Å². The zero-order chi connectivity index (χ0) is 13.9. The molecular formula is C12H17BrFNO2S. The predicted molar refractivity (Wildman–Crippen MR) is 73.3 cm³/mol. The summed E-state index contributed by atoms with van der Waals surface area (Å²) in [5, 5.41) is 0. The van der Waals surface area contributed by atoms with Crippen molar-refractivity contribution in [2.75, 3.05) is 6.54 Å². The van der Waals surface area contributed by atoms with Crippen LogP contribution in [0.15, 0.2) is 27.6 Å². The summed E-state index contributed by atoms with van der Waals surface area (Å²) in [7, 11) is -3.78. The van der Waals surface area contributed by atoms with Crippen LogP contribution in [0.2, 0.25) is 0 Å². The molecule has 1 N–H and O–H groups in total. The fraction of sp³-hybridized carbons (Fsp3) is 0.500. The summed E-state index contributed by atoms with van der Waals surface area (Å²) in [6.07, 6.45) is 0. The van der Waals surface area contributed by atoms with Crippen molar-refractivity contribution < 1.29 is 12.8 Å². The maximum absolute atomic E-state index is 13.6. The molecule has 0 spiro atoms. The van der Waals surface area contributed by atoms with E-state index in [9.17, 15) is 12.8 Å². The Morgan fingerprint density at radius 1 is 1.33 bits per heavy atom. The molecule has 0 saturated carbocycles. The molecular weight excluding hydrogens is 321 g/mol. The Kier molecular flexibility index (Phi) is 5.31. The van der Waals surface area contributed by atoms with Crippen LogP contribution in [0.5, 0.6) is 0 Å². The minimum atomic E-state index is -3.78. The third kappa shape index (κ3) is 4.03. The van der Waals surface area contributed by atoms with Gasteiger partial charge in [-0.2, -0.15) is 0 Å². The quantitative estimate of drug-likeness (QED) is 0.896. The summed E-state index contributed by atoms with van der Waals surface area (Å²) in [5.74, 6) is -0.199. The molecule has 0 amide bonds. The fourth-order valence-electron chi connectivity index (χ4n) is 1.25. The van der Waals surface area contributed by atoms with Crippen molar-refractivity contribution in [2.45, 2.75) is 25.7 Å². The van der Waals surface area contributed by atoms with E-state index in [1.54, 1.807) is 0 Å². The van der Waals surface area contributed by atoms with Gasteiger partial charge in [0, 0.05) is 11.0 Å². The molecule has 0 saturated heterocycles. The Morgan fingerprint density at radius 2 is 1.94 bits per heavy atom. The van der Waals surface area contributed by atoms with E-state index in [2.05, 4.69) is 20.7 Å². The molecule has 0 aromatic heterocycles. The number of hydrogen-bond donors (Lipinski definition) is 1. The normalized spacial score (nSPS) is 13.9. The van der Waals surface area contributed by atoms with Crippen LogP contribution < -0.4 is 4.72 Å². The van der Waals surface area contributed by atoms with Crippen molar-refractivity contribution in [2.24, 2.45) is 11.8 Å². The number of halogens is 2. The zero-order valence-corrected chi connectivity index (χ0v) is 13.0. The molecule has 0 heterocycles. The van der Waals surface area contributed by atoms with Gasteiger partial charge >= 0.3 is 0 Å². The van der Waals surface area contributed by atoms with E-state index in [1.807, 2.05) is 20.8 Å². The van der Waals surface area contributed by atoms with Crippen molar-refractivity contribution in [1.82, 2.24) is 4.72 Å². The number of sulfonamides is 1. The minimum Gasteiger partial charge on any atom is -0.211 e. The largest absolute Gasteiger partial charge is 0.243 e. The van der Waals surface area contributed by atoms with Crippen LogP contribution in [-0.2, 0) is 10.0 Å². The van der Waals surface area contributed by atoms with Gasteiger partial charge in [0.1, 0.15) is 10.7 Å². The molecule has 0 bridgehead atoms. The second-order valence-electron chi connectivity index (χ2n) is 4.65. The number of nitrogens with one attached hydrogen (secondary N) is 1. The first-order valence-electron chi connectivity index (χ1n) is 5.68. The second kappa shape index (κ2) is 6.12. The monoisotopic (exact) mass is 337 g/mol. The van der Waals surface area contributed by atoms with E-state index >= 15 is 0 Å². The topological polar surface area (TPSA) is 46.2 Å². The average Bonchev–Trinajstić information content (AvgIpc) is 2.25. The molecule has 102 valence electrons. The predicted octanol–water partition coefficient (Wildman–Crippen LogP) is 3.16. The van der Waals surface area contributed by atoms with Gasteiger partial charge in [-0.15, -0.1) is 0 Å². The van der Waals surface area contributed by atoms with Crippen LogP contribution in [0.1, 0.15) is 20.8 Å². The second-order valence-corrected chi connectivity index (χ2v) is 7.30. The molecule has 0 aliphatic heterocycles. The minimum absolute atomic E-state index is 0.193. The first-order chi connectivity index (χ1) is 8.24. The Balaban J connectivity index is 2.87. The maximum atomic E-state index is 13.6.